The van der Waals surface area contributed by atoms with Gasteiger partial charge in [0.1, 0.15) is 11.5 Å². The summed E-state index contributed by atoms with van der Waals surface area (Å²) in [5, 5.41) is 19.1. The number of aliphatic hydroxyl groups excluding tert-OH is 1. The zero-order chi connectivity index (χ0) is 14.0. The van der Waals surface area contributed by atoms with E-state index in [1.807, 2.05) is 13.8 Å². The Balaban J connectivity index is 2.23. The molecule has 2 rings (SSSR count). The lowest BCUT2D eigenvalue weighted by Gasteiger charge is -2.28. The van der Waals surface area contributed by atoms with Crippen molar-refractivity contribution in [2.45, 2.75) is 26.7 Å². The first-order valence-electron chi connectivity index (χ1n) is 6.16. The van der Waals surface area contributed by atoms with Crippen LogP contribution in [-0.2, 0) is 4.79 Å². The lowest BCUT2D eigenvalue weighted by atomic mass is 9.77. The highest BCUT2D eigenvalue weighted by atomic mass is 16.3. The molecule has 4 heteroatoms. The molecule has 2 N–H and O–H groups in total. The first kappa shape index (κ1) is 13.3. The Morgan fingerprint density at radius 3 is 2.37 bits per heavy atom. The number of rotatable bonds is 2. The van der Waals surface area contributed by atoms with Gasteiger partial charge in [0.15, 0.2) is 5.78 Å². The number of carbonyl (C=O) groups is 1. The zero-order valence-corrected chi connectivity index (χ0v) is 11.1. The highest BCUT2D eigenvalue weighted by Crippen LogP contribution is 2.35. The van der Waals surface area contributed by atoms with E-state index in [2.05, 4.69) is 4.99 Å². The van der Waals surface area contributed by atoms with Crippen LogP contribution in [0, 0.1) is 5.41 Å². The van der Waals surface area contributed by atoms with Crippen molar-refractivity contribution < 1.29 is 15.0 Å². The van der Waals surface area contributed by atoms with Gasteiger partial charge >= 0.3 is 0 Å². The number of hydrogen-bond acceptors (Lipinski definition) is 4. The van der Waals surface area contributed by atoms with Crippen molar-refractivity contribution in [2.24, 2.45) is 10.4 Å². The van der Waals surface area contributed by atoms with Crippen LogP contribution in [0.15, 0.2) is 40.6 Å². The molecule has 0 spiro atoms. The first-order chi connectivity index (χ1) is 8.87. The van der Waals surface area contributed by atoms with Crippen LogP contribution >= 0.6 is 0 Å². The van der Waals surface area contributed by atoms with E-state index in [-0.39, 0.29) is 28.3 Å². The number of phenolic OH excluding ortho intramolecular Hbond substituents is 1. The summed E-state index contributed by atoms with van der Waals surface area (Å²) >= 11 is 0. The molecule has 0 radical (unpaired) electrons. The number of phenols is 1. The molecule has 0 heterocycles. The number of aromatic hydroxyl groups is 1. The molecule has 0 aliphatic heterocycles. The van der Waals surface area contributed by atoms with Gasteiger partial charge in [-0.25, -0.2) is 0 Å². The molecule has 100 valence electrons. The number of Topliss-reactive ketones (excluding diaryl/α,β-unsaturated/α-hetero) is 1. The van der Waals surface area contributed by atoms with E-state index < -0.39 is 0 Å². The second-order valence-electron chi connectivity index (χ2n) is 5.58. The van der Waals surface area contributed by atoms with Gasteiger partial charge in [-0.15, -0.1) is 0 Å². The highest BCUT2D eigenvalue weighted by molar-refractivity contribution is 6.14. The minimum absolute atomic E-state index is 0.0868. The number of carbonyl (C=O) groups excluding carboxylic acids is 1. The maximum atomic E-state index is 11.9. The van der Waals surface area contributed by atoms with E-state index in [1.165, 1.54) is 18.3 Å². The van der Waals surface area contributed by atoms with Crippen molar-refractivity contribution >= 4 is 17.7 Å². The number of allylic oxidation sites excluding steroid dienone is 2. The van der Waals surface area contributed by atoms with Gasteiger partial charge in [-0.2, -0.15) is 0 Å². The molecular formula is C15H17NO3. The standard InChI is InChI=1S/C15H17NO3/c1-15(2)7-13(18)12(14(19)8-15)9-16-10-3-5-11(17)6-4-10/h3-6,9,17-18H,7-8H2,1-2H3. The van der Waals surface area contributed by atoms with Crippen molar-refractivity contribution in [3.63, 3.8) is 0 Å². The molecule has 0 bridgehead atoms. The van der Waals surface area contributed by atoms with E-state index in [4.69, 9.17) is 5.11 Å². The Labute approximate surface area is 112 Å². The minimum Gasteiger partial charge on any atom is -0.511 e. The van der Waals surface area contributed by atoms with E-state index in [1.54, 1.807) is 12.1 Å². The van der Waals surface area contributed by atoms with E-state index in [0.29, 0.717) is 18.5 Å². The van der Waals surface area contributed by atoms with Crippen LogP contribution in [0.2, 0.25) is 0 Å². The fourth-order valence-electron chi connectivity index (χ4n) is 2.13. The Kier molecular flexibility index (Phi) is 3.42. The summed E-state index contributed by atoms with van der Waals surface area (Å²) in [6.45, 7) is 3.91. The smallest absolute Gasteiger partial charge is 0.168 e. The van der Waals surface area contributed by atoms with Gasteiger partial charge in [0, 0.05) is 19.1 Å². The molecule has 0 saturated carbocycles. The van der Waals surface area contributed by atoms with Crippen molar-refractivity contribution in [3.05, 3.63) is 35.6 Å². The summed E-state index contributed by atoms with van der Waals surface area (Å²) in [5.41, 5.74) is 0.708. The molecule has 0 unspecified atom stereocenters. The summed E-state index contributed by atoms with van der Waals surface area (Å²) in [5.74, 6) is 0.177. The molecule has 0 atom stereocenters. The quantitative estimate of drug-likeness (QED) is 0.800. The van der Waals surface area contributed by atoms with Gasteiger partial charge in [0.05, 0.1) is 11.3 Å². The molecule has 1 aliphatic rings. The SMILES string of the molecule is CC1(C)CC(=O)C(C=Nc2ccc(O)cc2)=C(O)C1. The summed E-state index contributed by atoms with van der Waals surface area (Å²) in [6.07, 6.45) is 2.29. The molecule has 0 fully saturated rings. The number of benzene rings is 1. The van der Waals surface area contributed by atoms with Gasteiger partial charge < -0.3 is 10.2 Å². The predicted molar refractivity (Wildman–Crippen MR) is 73.9 cm³/mol. The van der Waals surface area contributed by atoms with Crippen LogP contribution in [0.5, 0.6) is 5.75 Å². The molecule has 4 nitrogen and oxygen atoms in total. The van der Waals surface area contributed by atoms with Gasteiger partial charge in [-0.1, -0.05) is 13.8 Å². The summed E-state index contributed by atoms with van der Waals surface area (Å²) in [6, 6.07) is 6.32. The molecular weight excluding hydrogens is 242 g/mol. The Morgan fingerprint density at radius 2 is 1.79 bits per heavy atom. The fourth-order valence-corrected chi connectivity index (χ4v) is 2.13. The molecule has 0 aromatic heterocycles. The molecule has 19 heavy (non-hydrogen) atoms. The number of aliphatic hydroxyl groups is 1. The van der Waals surface area contributed by atoms with Gasteiger partial charge in [-0.3, -0.25) is 9.79 Å². The third-order valence-electron chi connectivity index (χ3n) is 3.09. The minimum atomic E-state index is -0.197. The maximum absolute atomic E-state index is 11.9. The molecule has 1 aromatic rings. The second-order valence-corrected chi connectivity index (χ2v) is 5.58. The van der Waals surface area contributed by atoms with E-state index in [0.717, 1.165) is 0 Å². The maximum Gasteiger partial charge on any atom is 0.168 e. The van der Waals surface area contributed by atoms with Crippen LogP contribution in [-0.4, -0.2) is 22.2 Å². The third-order valence-corrected chi connectivity index (χ3v) is 3.09. The summed E-state index contributed by atoms with van der Waals surface area (Å²) in [4.78, 5) is 16.1. The number of aliphatic imine (C=N–C) groups is 1. The number of ketones is 1. The highest BCUT2D eigenvalue weighted by Gasteiger charge is 2.32. The van der Waals surface area contributed by atoms with Crippen molar-refractivity contribution in [1.82, 2.24) is 0 Å². The molecule has 1 aliphatic carbocycles. The molecule has 0 amide bonds. The van der Waals surface area contributed by atoms with Crippen molar-refractivity contribution in [3.8, 4) is 5.75 Å². The van der Waals surface area contributed by atoms with Crippen molar-refractivity contribution in [2.75, 3.05) is 0 Å². The van der Waals surface area contributed by atoms with Crippen LogP contribution in [0.4, 0.5) is 5.69 Å². The second kappa shape index (κ2) is 4.88. The van der Waals surface area contributed by atoms with Crippen LogP contribution in [0.3, 0.4) is 0 Å². The first-order valence-corrected chi connectivity index (χ1v) is 6.16. The van der Waals surface area contributed by atoms with Gasteiger partial charge in [-0.05, 0) is 29.7 Å². The van der Waals surface area contributed by atoms with Crippen molar-refractivity contribution in [1.29, 1.82) is 0 Å². The number of hydrogen-bond donors (Lipinski definition) is 2. The van der Waals surface area contributed by atoms with Crippen LogP contribution in [0.1, 0.15) is 26.7 Å². The topological polar surface area (TPSA) is 69.9 Å². The number of nitrogens with zero attached hydrogens (tertiary/aromatic N) is 1. The zero-order valence-electron chi connectivity index (χ0n) is 11.1. The Morgan fingerprint density at radius 1 is 1.16 bits per heavy atom. The normalized spacial score (nSPS) is 19.2. The van der Waals surface area contributed by atoms with Crippen LogP contribution < -0.4 is 0 Å². The molecule has 1 aromatic carbocycles. The average molecular weight is 259 g/mol. The largest absolute Gasteiger partial charge is 0.511 e. The molecule has 0 saturated heterocycles. The Bertz CT molecular complexity index is 553. The Hall–Kier alpha value is -2.10. The monoisotopic (exact) mass is 259 g/mol. The summed E-state index contributed by atoms with van der Waals surface area (Å²) in [7, 11) is 0. The van der Waals surface area contributed by atoms with Crippen LogP contribution in [0.25, 0.3) is 0 Å². The predicted octanol–water partition coefficient (Wildman–Crippen LogP) is 3.30. The average Bonchev–Trinajstić information content (AvgIpc) is 2.29. The lowest BCUT2D eigenvalue weighted by Crippen LogP contribution is -2.26. The van der Waals surface area contributed by atoms with E-state index >= 15 is 0 Å². The third kappa shape index (κ3) is 3.22. The van der Waals surface area contributed by atoms with Gasteiger partial charge in [0.2, 0.25) is 0 Å². The van der Waals surface area contributed by atoms with Gasteiger partial charge in [0.25, 0.3) is 0 Å². The lowest BCUT2D eigenvalue weighted by molar-refractivity contribution is -0.117. The van der Waals surface area contributed by atoms with E-state index in [9.17, 15) is 9.90 Å². The fraction of sp³-hybridized carbons (Fsp3) is 0.333. The summed E-state index contributed by atoms with van der Waals surface area (Å²) < 4.78 is 0.